The van der Waals surface area contributed by atoms with Crippen LogP contribution < -0.4 is 15.8 Å². The van der Waals surface area contributed by atoms with E-state index in [4.69, 9.17) is 10.5 Å². The average Bonchev–Trinajstić information content (AvgIpc) is 2.38. The number of rotatable bonds is 7. The number of nitrogens with two attached hydrogens (primary N) is 1. The van der Waals surface area contributed by atoms with E-state index in [0.717, 1.165) is 22.9 Å². The summed E-state index contributed by atoms with van der Waals surface area (Å²) in [6.45, 7) is 6.40. The molecule has 3 N–H and O–H groups in total. The van der Waals surface area contributed by atoms with Crippen molar-refractivity contribution in [3.05, 3.63) is 28.2 Å². The van der Waals surface area contributed by atoms with E-state index in [9.17, 15) is 4.79 Å². The zero-order chi connectivity index (χ0) is 15.1. The van der Waals surface area contributed by atoms with E-state index in [-0.39, 0.29) is 11.9 Å². The number of hydrogen-bond acceptors (Lipinski definition) is 3. The van der Waals surface area contributed by atoms with E-state index >= 15 is 0 Å². The Labute approximate surface area is 129 Å². The number of ether oxygens (including phenoxy) is 1. The van der Waals surface area contributed by atoms with Crippen molar-refractivity contribution in [2.24, 2.45) is 5.73 Å². The first-order chi connectivity index (χ1) is 9.45. The molecule has 0 radical (unpaired) electrons. The Morgan fingerprint density at radius 1 is 1.45 bits per heavy atom. The monoisotopic (exact) mass is 342 g/mol. The highest BCUT2D eigenvalue weighted by Crippen LogP contribution is 2.28. The van der Waals surface area contributed by atoms with Gasteiger partial charge in [-0.3, -0.25) is 4.79 Å². The van der Waals surface area contributed by atoms with E-state index in [1.54, 1.807) is 6.92 Å². The predicted octanol–water partition coefficient (Wildman–Crippen LogP) is 3.15. The number of amides is 1. The molecule has 0 aliphatic rings. The molecule has 0 saturated heterocycles. The van der Waals surface area contributed by atoms with Gasteiger partial charge in [0, 0.05) is 22.6 Å². The van der Waals surface area contributed by atoms with Crippen LogP contribution in [0.2, 0.25) is 0 Å². The van der Waals surface area contributed by atoms with Gasteiger partial charge in [0.2, 0.25) is 0 Å². The number of hydrogen-bond donors (Lipinski definition) is 2. The highest BCUT2D eigenvalue weighted by Gasteiger charge is 2.17. The summed E-state index contributed by atoms with van der Waals surface area (Å²) in [5.41, 5.74) is 6.81. The Hall–Kier alpha value is -1.07. The predicted molar refractivity (Wildman–Crippen MR) is 84.8 cm³/mol. The summed E-state index contributed by atoms with van der Waals surface area (Å²) < 4.78 is 6.66. The molecule has 0 aliphatic heterocycles. The maximum absolute atomic E-state index is 11.9. The van der Waals surface area contributed by atoms with E-state index in [2.05, 4.69) is 28.2 Å². The van der Waals surface area contributed by atoms with Gasteiger partial charge in [0.15, 0.2) is 6.10 Å². The summed E-state index contributed by atoms with van der Waals surface area (Å²) in [6, 6.07) is 5.52. The third kappa shape index (κ3) is 5.13. The zero-order valence-corrected chi connectivity index (χ0v) is 13.9. The van der Waals surface area contributed by atoms with Crippen LogP contribution in [0.5, 0.6) is 5.75 Å². The number of nitrogens with one attached hydrogen (secondary N) is 1. The minimum atomic E-state index is -0.543. The first-order valence-corrected chi connectivity index (χ1v) is 7.74. The fourth-order valence-corrected chi connectivity index (χ4v) is 2.10. The number of benzene rings is 1. The molecule has 1 aromatic rings. The van der Waals surface area contributed by atoms with Crippen LogP contribution in [0.4, 0.5) is 0 Å². The summed E-state index contributed by atoms with van der Waals surface area (Å²) in [6.07, 6.45) is 1.48. The molecule has 1 aromatic carbocycles. The fraction of sp³-hybridized carbons (Fsp3) is 0.533. The lowest BCUT2D eigenvalue weighted by Crippen LogP contribution is -2.37. The lowest BCUT2D eigenvalue weighted by atomic mass is 10.1. The molecule has 1 amide bonds. The molecule has 4 nitrogen and oxygen atoms in total. The number of unbranched alkanes of at least 4 members (excludes halogenated alkanes) is 1. The van der Waals surface area contributed by atoms with Gasteiger partial charge >= 0.3 is 0 Å². The molecule has 0 aromatic heterocycles. The molecule has 5 heteroatoms. The molecule has 0 fully saturated rings. The highest BCUT2D eigenvalue weighted by atomic mass is 79.9. The van der Waals surface area contributed by atoms with Crippen molar-refractivity contribution in [2.75, 3.05) is 6.54 Å². The van der Waals surface area contributed by atoms with Crippen molar-refractivity contribution in [2.45, 2.75) is 45.8 Å². The van der Waals surface area contributed by atoms with Gasteiger partial charge in [-0.1, -0.05) is 35.3 Å². The second kappa shape index (κ2) is 8.27. The molecule has 1 unspecified atom stereocenters. The first kappa shape index (κ1) is 17.0. The molecule has 0 aliphatic carbocycles. The SMILES string of the molecule is CCCCNC(=O)C(C)Oc1cc(Br)ccc1[C@H](C)N. The Bertz CT molecular complexity index is 449. The van der Waals surface area contributed by atoms with E-state index < -0.39 is 6.10 Å². The zero-order valence-electron chi connectivity index (χ0n) is 12.3. The Balaban J connectivity index is 2.71. The minimum Gasteiger partial charge on any atom is -0.481 e. The molecule has 112 valence electrons. The molecule has 0 heterocycles. The smallest absolute Gasteiger partial charge is 0.260 e. The van der Waals surface area contributed by atoms with Crippen molar-refractivity contribution in [3.8, 4) is 5.75 Å². The normalized spacial score (nSPS) is 13.7. The van der Waals surface area contributed by atoms with Gasteiger partial charge in [-0.25, -0.2) is 0 Å². The largest absolute Gasteiger partial charge is 0.481 e. The Kier molecular flexibility index (Phi) is 7.02. The van der Waals surface area contributed by atoms with Gasteiger partial charge in [-0.2, -0.15) is 0 Å². The van der Waals surface area contributed by atoms with Gasteiger partial charge in [-0.05, 0) is 32.4 Å². The van der Waals surface area contributed by atoms with Crippen LogP contribution in [-0.4, -0.2) is 18.6 Å². The number of carbonyl (C=O) groups is 1. The third-order valence-electron chi connectivity index (χ3n) is 2.97. The molecule has 20 heavy (non-hydrogen) atoms. The van der Waals surface area contributed by atoms with E-state index in [1.165, 1.54) is 0 Å². The number of carbonyl (C=O) groups excluding carboxylic acids is 1. The molecule has 0 spiro atoms. The van der Waals surface area contributed by atoms with Gasteiger partial charge in [-0.15, -0.1) is 0 Å². The van der Waals surface area contributed by atoms with Crippen LogP contribution in [0.1, 0.15) is 45.2 Å². The minimum absolute atomic E-state index is 0.103. The molecular formula is C15H23BrN2O2. The van der Waals surface area contributed by atoms with Gasteiger partial charge in [0.05, 0.1) is 0 Å². The Morgan fingerprint density at radius 3 is 2.75 bits per heavy atom. The summed E-state index contributed by atoms with van der Waals surface area (Å²) in [5.74, 6) is 0.543. The van der Waals surface area contributed by atoms with Crippen LogP contribution in [-0.2, 0) is 4.79 Å². The maximum atomic E-state index is 11.9. The van der Waals surface area contributed by atoms with Crippen molar-refractivity contribution >= 4 is 21.8 Å². The van der Waals surface area contributed by atoms with E-state index in [1.807, 2.05) is 25.1 Å². The molecule has 0 bridgehead atoms. The lowest BCUT2D eigenvalue weighted by molar-refractivity contribution is -0.127. The van der Waals surface area contributed by atoms with Crippen molar-refractivity contribution in [3.63, 3.8) is 0 Å². The van der Waals surface area contributed by atoms with Crippen LogP contribution in [0, 0.1) is 0 Å². The third-order valence-corrected chi connectivity index (χ3v) is 3.46. The highest BCUT2D eigenvalue weighted by molar-refractivity contribution is 9.10. The molecule has 2 atom stereocenters. The standard InChI is InChI=1S/C15H23BrN2O2/c1-4-5-8-18-15(19)11(3)20-14-9-12(16)6-7-13(14)10(2)17/h6-7,9-11H,4-5,8,17H2,1-3H3,(H,18,19)/t10-,11?/m0/s1. The van der Waals surface area contributed by atoms with E-state index in [0.29, 0.717) is 12.3 Å². The molecule has 1 rings (SSSR count). The second-order valence-electron chi connectivity index (χ2n) is 4.88. The Morgan fingerprint density at radius 2 is 2.15 bits per heavy atom. The summed E-state index contributed by atoms with van der Waals surface area (Å²) in [5, 5.41) is 2.86. The first-order valence-electron chi connectivity index (χ1n) is 6.95. The molecular weight excluding hydrogens is 320 g/mol. The van der Waals surface area contributed by atoms with Crippen LogP contribution in [0.3, 0.4) is 0 Å². The maximum Gasteiger partial charge on any atom is 0.260 e. The fourth-order valence-electron chi connectivity index (χ4n) is 1.76. The van der Waals surface area contributed by atoms with Gasteiger partial charge < -0.3 is 15.8 Å². The van der Waals surface area contributed by atoms with Gasteiger partial charge in [0.25, 0.3) is 5.91 Å². The summed E-state index contributed by atoms with van der Waals surface area (Å²) in [7, 11) is 0. The van der Waals surface area contributed by atoms with Crippen LogP contribution in [0.15, 0.2) is 22.7 Å². The molecule has 0 saturated carbocycles. The van der Waals surface area contributed by atoms with Gasteiger partial charge in [0.1, 0.15) is 5.75 Å². The topological polar surface area (TPSA) is 64.3 Å². The average molecular weight is 343 g/mol. The lowest BCUT2D eigenvalue weighted by Gasteiger charge is -2.19. The summed E-state index contributed by atoms with van der Waals surface area (Å²) >= 11 is 3.40. The van der Waals surface area contributed by atoms with Crippen LogP contribution in [0.25, 0.3) is 0 Å². The quantitative estimate of drug-likeness (QED) is 0.748. The van der Waals surface area contributed by atoms with Crippen molar-refractivity contribution in [1.82, 2.24) is 5.32 Å². The van der Waals surface area contributed by atoms with Crippen LogP contribution >= 0.6 is 15.9 Å². The van der Waals surface area contributed by atoms with Crippen molar-refractivity contribution in [1.29, 1.82) is 0 Å². The van der Waals surface area contributed by atoms with Crippen molar-refractivity contribution < 1.29 is 9.53 Å². The second-order valence-corrected chi connectivity index (χ2v) is 5.79. The summed E-state index contributed by atoms with van der Waals surface area (Å²) in [4.78, 5) is 11.9. The number of halogens is 1.